The summed E-state index contributed by atoms with van der Waals surface area (Å²) in [5.41, 5.74) is -0.341. The molecule has 0 aromatic heterocycles. The van der Waals surface area contributed by atoms with Crippen LogP contribution in [0.2, 0.25) is 0 Å². The highest BCUT2D eigenvalue weighted by Gasteiger charge is 2.33. The van der Waals surface area contributed by atoms with Crippen LogP contribution in [0.15, 0.2) is 45.9 Å². The Morgan fingerprint density at radius 1 is 1.31 bits per heavy atom. The van der Waals surface area contributed by atoms with Crippen LogP contribution in [0.3, 0.4) is 0 Å². The molecule has 1 nitrogen and oxygen atoms in total. The third-order valence-electron chi connectivity index (χ3n) is 2.32. The number of allylic oxidation sites excluding steroid dienone is 7. The van der Waals surface area contributed by atoms with Gasteiger partial charge in [-0.25, -0.2) is 0 Å². The summed E-state index contributed by atoms with van der Waals surface area (Å²) in [7, 11) is 0. The van der Waals surface area contributed by atoms with Gasteiger partial charge < -0.3 is 4.74 Å². The van der Waals surface area contributed by atoms with E-state index in [0.29, 0.717) is 17.1 Å². The fourth-order valence-corrected chi connectivity index (χ4v) is 1.70. The average molecular weight is 249 g/mol. The van der Waals surface area contributed by atoms with Crippen LogP contribution in [0.1, 0.15) is 13.3 Å². The molecule has 0 fully saturated rings. The zero-order chi connectivity index (χ0) is 11.9. The van der Waals surface area contributed by atoms with E-state index in [0.717, 1.165) is 12.2 Å². The molecule has 0 spiro atoms. The van der Waals surface area contributed by atoms with E-state index in [4.69, 9.17) is 16.3 Å². The van der Waals surface area contributed by atoms with Crippen molar-refractivity contribution in [2.45, 2.75) is 19.5 Å². The Hall–Kier alpha value is -1.16. The van der Waals surface area contributed by atoms with E-state index in [1.807, 2.05) is 0 Å². The highest BCUT2D eigenvalue weighted by Crippen LogP contribution is 2.37. The minimum Gasteiger partial charge on any atom is -0.464 e. The van der Waals surface area contributed by atoms with Gasteiger partial charge in [0.05, 0.1) is 10.6 Å². The zero-order valence-corrected chi connectivity index (χ0v) is 9.12. The number of fused-ring (bicyclic) bond motifs is 1. The average Bonchev–Trinajstić information content (AvgIpc) is 2.34. The molecule has 2 aliphatic rings. The van der Waals surface area contributed by atoms with E-state index in [9.17, 15) is 13.2 Å². The Morgan fingerprint density at radius 3 is 2.62 bits per heavy atom. The molecule has 1 aliphatic heterocycles. The molecule has 0 aromatic rings. The molecule has 86 valence electrons. The van der Waals surface area contributed by atoms with Gasteiger partial charge in [-0.15, -0.1) is 0 Å². The Balaban J connectivity index is 2.46. The first kappa shape index (κ1) is 11.3. The molecule has 1 aliphatic carbocycles. The molecule has 2 bridgehead atoms. The molecule has 2 rings (SSSR count). The maximum absolute atomic E-state index is 12.6. The van der Waals surface area contributed by atoms with Crippen LogP contribution in [0.25, 0.3) is 0 Å². The Labute approximate surface area is 95.5 Å². The predicted molar refractivity (Wildman–Crippen MR) is 54.6 cm³/mol. The molecule has 0 saturated heterocycles. The highest BCUT2D eigenvalue weighted by atomic mass is 35.5. The summed E-state index contributed by atoms with van der Waals surface area (Å²) >= 11 is 5.87. The van der Waals surface area contributed by atoms with Crippen molar-refractivity contribution in [3.63, 3.8) is 0 Å². The Bertz CT molecular complexity index is 452. The maximum atomic E-state index is 12.6. The van der Waals surface area contributed by atoms with Crippen molar-refractivity contribution in [1.29, 1.82) is 0 Å². The molecular formula is C11H8ClF3O. The monoisotopic (exact) mass is 248 g/mol. The topological polar surface area (TPSA) is 9.23 Å². The molecule has 5 heteroatoms. The van der Waals surface area contributed by atoms with Gasteiger partial charge in [0.25, 0.3) is 0 Å². The number of halogens is 4. The van der Waals surface area contributed by atoms with Crippen molar-refractivity contribution < 1.29 is 17.9 Å². The van der Waals surface area contributed by atoms with E-state index in [1.54, 1.807) is 6.92 Å². The van der Waals surface area contributed by atoms with Crippen LogP contribution in [0.4, 0.5) is 13.2 Å². The van der Waals surface area contributed by atoms with Gasteiger partial charge in [-0.3, -0.25) is 0 Å². The van der Waals surface area contributed by atoms with Crippen LogP contribution >= 0.6 is 11.6 Å². The highest BCUT2D eigenvalue weighted by molar-refractivity contribution is 6.32. The SMILES string of the molecule is CC1=C(Cl)C2=CC(C(F)(F)F)=CCC(=C2)O1. The predicted octanol–water partition coefficient (Wildman–Crippen LogP) is 4.19. The van der Waals surface area contributed by atoms with E-state index >= 15 is 0 Å². The molecule has 0 aromatic carbocycles. The van der Waals surface area contributed by atoms with E-state index < -0.39 is 11.7 Å². The lowest BCUT2D eigenvalue weighted by molar-refractivity contribution is -0.0884. The number of ether oxygens (including phenoxy) is 1. The second kappa shape index (κ2) is 3.70. The van der Waals surface area contributed by atoms with Crippen molar-refractivity contribution in [2.24, 2.45) is 0 Å². The zero-order valence-electron chi connectivity index (χ0n) is 8.36. The molecule has 0 N–H and O–H groups in total. The second-order valence-electron chi connectivity index (χ2n) is 3.54. The van der Waals surface area contributed by atoms with Crippen molar-refractivity contribution in [3.8, 4) is 0 Å². The van der Waals surface area contributed by atoms with Crippen molar-refractivity contribution in [3.05, 3.63) is 45.9 Å². The van der Waals surface area contributed by atoms with Crippen molar-refractivity contribution >= 4 is 11.6 Å². The first-order valence-corrected chi connectivity index (χ1v) is 5.00. The molecule has 0 amide bonds. The largest absolute Gasteiger partial charge is 0.464 e. The summed E-state index contributed by atoms with van der Waals surface area (Å²) in [4.78, 5) is 0. The number of hydrogen-bond acceptors (Lipinski definition) is 1. The van der Waals surface area contributed by atoms with Gasteiger partial charge >= 0.3 is 6.18 Å². The van der Waals surface area contributed by atoms with Crippen molar-refractivity contribution in [1.82, 2.24) is 0 Å². The number of hydrogen-bond donors (Lipinski definition) is 0. The van der Waals surface area contributed by atoms with Gasteiger partial charge in [0.2, 0.25) is 0 Å². The first-order chi connectivity index (χ1) is 7.38. The van der Waals surface area contributed by atoms with Gasteiger partial charge in [0.15, 0.2) is 0 Å². The minimum absolute atomic E-state index is 0.121. The number of alkyl halides is 3. The van der Waals surface area contributed by atoms with E-state index in [1.165, 1.54) is 6.08 Å². The fourth-order valence-electron chi connectivity index (χ4n) is 1.55. The molecule has 16 heavy (non-hydrogen) atoms. The number of rotatable bonds is 0. The molecule has 0 saturated carbocycles. The van der Waals surface area contributed by atoms with Gasteiger partial charge in [-0.05, 0) is 19.1 Å². The van der Waals surface area contributed by atoms with Gasteiger partial charge in [-0.1, -0.05) is 17.7 Å². The van der Waals surface area contributed by atoms with E-state index in [2.05, 4.69) is 0 Å². The quantitative estimate of drug-likeness (QED) is 0.625. The van der Waals surface area contributed by atoms with Crippen LogP contribution in [-0.4, -0.2) is 6.18 Å². The Kier molecular flexibility index (Phi) is 2.62. The van der Waals surface area contributed by atoms with Crippen molar-refractivity contribution in [2.75, 3.05) is 0 Å². The minimum atomic E-state index is -4.36. The van der Waals surface area contributed by atoms with Crippen LogP contribution in [-0.2, 0) is 4.74 Å². The van der Waals surface area contributed by atoms with Gasteiger partial charge in [0, 0.05) is 12.0 Å². The van der Waals surface area contributed by atoms with Crippen LogP contribution in [0.5, 0.6) is 0 Å². The van der Waals surface area contributed by atoms with Gasteiger partial charge in [0.1, 0.15) is 11.5 Å². The third-order valence-corrected chi connectivity index (χ3v) is 2.81. The summed E-state index contributed by atoms with van der Waals surface area (Å²) < 4.78 is 43.0. The molecule has 1 heterocycles. The molecular weight excluding hydrogens is 241 g/mol. The van der Waals surface area contributed by atoms with Gasteiger partial charge in [-0.2, -0.15) is 13.2 Å². The van der Waals surface area contributed by atoms with Crippen LogP contribution in [0, 0.1) is 0 Å². The molecule has 0 radical (unpaired) electrons. The third kappa shape index (κ3) is 2.02. The second-order valence-corrected chi connectivity index (χ2v) is 3.92. The lowest BCUT2D eigenvalue weighted by Crippen LogP contribution is -2.10. The maximum Gasteiger partial charge on any atom is 0.416 e. The summed E-state index contributed by atoms with van der Waals surface area (Å²) in [6.07, 6.45) is -0.562. The lowest BCUT2D eigenvalue weighted by Gasteiger charge is -2.16. The van der Waals surface area contributed by atoms with E-state index in [-0.39, 0.29) is 11.5 Å². The smallest absolute Gasteiger partial charge is 0.416 e. The lowest BCUT2D eigenvalue weighted by atomic mass is 10.1. The summed E-state index contributed by atoms with van der Waals surface area (Å²) in [6.45, 7) is 1.63. The standard InChI is InChI=1S/C11H8ClF3O/c1-6-10(12)7-4-8(11(13,14)15)2-3-9(5-7)16-6/h2,4-5H,3H2,1H3. The summed E-state index contributed by atoms with van der Waals surface area (Å²) in [5, 5.41) is 0.223. The summed E-state index contributed by atoms with van der Waals surface area (Å²) in [6, 6.07) is 0. The normalized spacial score (nSPS) is 20.7. The first-order valence-electron chi connectivity index (χ1n) is 4.62. The van der Waals surface area contributed by atoms with Crippen LogP contribution < -0.4 is 0 Å². The fraction of sp³-hybridized carbons (Fsp3) is 0.273. The molecule has 0 atom stereocenters. The molecule has 0 unspecified atom stereocenters. The summed E-state index contributed by atoms with van der Waals surface area (Å²) in [5.74, 6) is 0.912. The Morgan fingerprint density at radius 2 is 2.00 bits per heavy atom.